The van der Waals surface area contributed by atoms with Crippen molar-refractivity contribution in [1.29, 1.82) is 0 Å². The molecule has 0 aliphatic heterocycles. The molecule has 0 saturated carbocycles. The van der Waals surface area contributed by atoms with Gasteiger partial charge >= 0.3 is 7.82 Å². The third kappa shape index (κ3) is 29.1. The summed E-state index contributed by atoms with van der Waals surface area (Å²) in [6, 6.07) is 0. The molecule has 0 fully saturated rings. The number of likely N-dealkylation sites (N-methyl/N-ethyl adjacent to an activating group) is 2. The van der Waals surface area contributed by atoms with Crippen molar-refractivity contribution in [3.8, 4) is 0 Å². The number of rotatable bonds is 32. The van der Waals surface area contributed by atoms with Crippen LogP contribution in [0.4, 0.5) is 0 Å². The van der Waals surface area contributed by atoms with E-state index in [-0.39, 0.29) is 13.2 Å². The molecule has 0 aliphatic rings. The Morgan fingerprint density at radius 1 is 0.512 bits per heavy atom. The van der Waals surface area contributed by atoms with E-state index in [2.05, 4.69) is 42.0 Å². The van der Waals surface area contributed by atoms with Crippen molar-refractivity contribution in [2.24, 2.45) is 0 Å². The molecule has 0 saturated heterocycles. The maximum Gasteiger partial charge on any atom is 0.472 e. The molecule has 0 radical (unpaired) electrons. The largest absolute Gasteiger partial charge is 0.472 e. The number of hydrogen-bond donors (Lipinski definition) is 3. The van der Waals surface area contributed by atoms with E-state index in [0.717, 1.165) is 25.9 Å². The summed E-state index contributed by atoms with van der Waals surface area (Å²) in [4.78, 5) is 10.1. The van der Waals surface area contributed by atoms with E-state index in [4.69, 9.17) is 9.05 Å². The van der Waals surface area contributed by atoms with Crippen LogP contribution in [-0.2, 0) is 13.6 Å². The Bertz CT molecular complexity index is 627. The second kappa shape index (κ2) is 26.1. The summed E-state index contributed by atoms with van der Waals surface area (Å²) in [5.41, 5.74) is 0. The number of nitrogens with zero attached hydrogens (tertiary/aromatic N) is 2. The Labute approximate surface area is 267 Å². The lowest BCUT2D eigenvalue weighted by Crippen LogP contribution is -2.47. The van der Waals surface area contributed by atoms with Gasteiger partial charge in [0, 0.05) is 0 Å². The van der Waals surface area contributed by atoms with Gasteiger partial charge in [-0.25, -0.2) is 4.57 Å². The molecule has 0 aliphatic carbocycles. The minimum Gasteiger partial charge on any atom is -0.385 e. The van der Waals surface area contributed by atoms with Crippen LogP contribution in [0.3, 0.4) is 0 Å². The fourth-order valence-corrected chi connectivity index (χ4v) is 6.68. The van der Waals surface area contributed by atoms with Gasteiger partial charge in [0.1, 0.15) is 25.3 Å². The number of aliphatic hydroxyl groups is 2. The van der Waals surface area contributed by atoms with Crippen LogP contribution >= 0.6 is 7.82 Å². The van der Waals surface area contributed by atoms with Crippen LogP contribution in [0, 0.1) is 0 Å². The Kier molecular flexibility index (Phi) is 26.0. The van der Waals surface area contributed by atoms with Gasteiger partial charge in [-0.05, 0) is 25.7 Å². The van der Waals surface area contributed by atoms with Gasteiger partial charge in [0.15, 0.2) is 0 Å². The van der Waals surface area contributed by atoms with Gasteiger partial charge < -0.3 is 24.1 Å². The summed E-state index contributed by atoms with van der Waals surface area (Å²) in [7, 11) is 3.91. The van der Waals surface area contributed by atoms with E-state index in [9.17, 15) is 19.7 Å². The van der Waals surface area contributed by atoms with E-state index in [0.29, 0.717) is 22.1 Å². The summed E-state index contributed by atoms with van der Waals surface area (Å²) in [6.07, 6.45) is 24.1. The number of aliphatic hydroxyl groups excluding tert-OH is 2. The summed E-state index contributed by atoms with van der Waals surface area (Å²) < 4.78 is 23.8. The van der Waals surface area contributed by atoms with Crippen LogP contribution in [0.5, 0.6) is 0 Å². The molecule has 2 unspecified atom stereocenters. The van der Waals surface area contributed by atoms with Gasteiger partial charge in [-0.3, -0.25) is 9.05 Å². The Balaban J connectivity index is 4.03. The smallest absolute Gasteiger partial charge is 0.385 e. The number of unbranched alkanes of at least 4 members (excludes halogenated alkanes) is 18. The lowest BCUT2D eigenvalue weighted by atomic mass is 10.1. The minimum atomic E-state index is -4.36. The van der Waals surface area contributed by atoms with Crippen molar-refractivity contribution >= 4 is 7.82 Å². The fraction of sp³-hybridized carbons (Fsp3) is 1.00. The van der Waals surface area contributed by atoms with E-state index in [1.165, 1.54) is 116 Å². The molecule has 0 rings (SSSR count). The zero-order valence-corrected chi connectivity index (χ0v) is 30.3. The molecule has 3 N–H and O–H groups in total. The highest BCUT2D eigenvalue weighted by atomic mass is 31.2. The first-order chi connectivity index (χ1) is 20.3. The Hall–Kier alpha value is -0.0500. The van der Waals surface area contributed by atoms with Crippen LogP contribution in [0.1, 0.15) is 142 Å². The maximum absolute atomic E-state index is 12.4. The fourth-order valence-electron chi connectivity index (χ4n) is 5.88. The van der Waals surface area contributed by atoms with Crippen molar-refractivity contribution in [3.05, 3.63) is 0 Å². The Morgan fingerprint density at radius 3 is 1.05 bits per heavy atom. The third-order valence-corrected chi connectivity index (χ3v) is 9.45. The average Bonchev–Trinajstić information content (AvgIpc) is 2.92. The van der Waals surface area contributed by atoms with Crippen LogP contribution in [0.2, 0.25) is 0 Å². The summed E-state index contributed by atoms with van der Waals surface area (Å²) in [5.74, 6) is 0. The highest BCUT2D eigenvalue weighted by Crippen LogP contribution is 2.43. The maximum atomic E-state index is 12.4. The topological polar surface area (TPSA) is 96.2 Å². The van der Waals surface area contributed by atoms with Crippen LogP contribution in [0.25, 0.3) is 0 Å². The predicted molar refractivity (Wildman–Crippen MR) is 181 cm³/mol. The molecular weight excluding hydrogens is 563 g/mol. The Morgan fingerprint density at radius 2 is 0.767 bits per heavy atom. The zero-order valence-electron chi connectivity index (χ0n) is 29.4. The minimum absolute atomic E-state index is 0.274. The summed E-state index contributed by atoms with van der Waals surface area (Å²) in [5, 5.41) is 20.9. The van der Waals surface area contributed by atoms with Crippen molar-refractivity contribution in [2.75, 3.05) is 67.6 Å². The highest BCUT2D eigenvalue weighted by Gasteiger charge is 2.29. The van der Waals surface area contributed by atoms with Crippen LogP contribution in [-0.4, -0.2) is 104 Å². The molecule has 2 atom stereocenters. The van der Waals surface area contributed by atoms with Gasteiger partial charge in [0.05, 0.1) is 54.5 Å². The van der Waals surface area contributed by atoms with Crippen LogP contribution < -0.4 is 0 Å². The monoisotopic (exact) mass is 639 g/mol. The van der Waals surface area contributed by atoms with Crippen molar-refractivity contribution in [1.82, 2.24) is 0 Å². The van der Waals surface area contributed by atoms with Crippen LogP contribution in [0.15, 0.2) is 0 Å². The van der Waals surface area contributed by atoms with Gasteiger partial charge in [0.2, 0.25) is 0 Å². The molecule has 0 bridgehead atoms. The van der Waals surface area contributed by atoms with E-state index in [1.54, 1.807) is 0 Å². The normalized spacial score (nSPS) is 15.5. The molecule has 9 heteroatoms. The standard InChI is InChI=1S/C34H74N2O6P/c1-7-9-11-13-15-17-19-21-23-25-27-35(3,4)29-33(37)31-41-43(39,40)42-32-34(38)30-36(5,6)28-26-24-22-20-18-16-14-12-10-8-2/h33-34,37-38H,7-32H2,1-6H3/q+1/p+1. The molecular formula is C34H75N2O6P+2. The second-order valence-corrected chi connectivity index (χ2v) is 15.9. The van der Waals surface area contributed by atoms with Crippen molar-refractivity contribution < 1.29 is 37.7 Å². The first-order valence-corrected chi connectivity index (χ1v) is 19.4. The number of hydrogen-bond acceptors (Lipinski definition) is 5. The van der Waals surface area contributed by atoms with Crippen molar-refractivity contribution in [3.63, 3.8) is 0 Å². The summed E-state index contributed by atoms with van der Waals surface area (Å²) >= 11 is 0. The molecule has 0 aromatic carbocycles. The van der Waals surface area contributed by atoms with Gasteiger partial charge in [-0.1, -0.05) is 117 Å². The zero-order chi connectivity index (χ0) is 32.5. The molecule has 260 valence electrons. The predicted octanol–water partition coefficient (Wildman–Crippen LogP) is 7.84. The first kappa shape index (κ1) is 43.0. The molecule has 0 aromatic rings. The number of phosphoric acid groups is 1. The molecule has 43 heavy (non-hydrogen) atoms. The van der Waals surface area contributed by atoms with E-state index >= 15 is 0 Å². The lowest BCUT2D eigenvalue weighted by molar-refractivity contribution is -0.893. The van der Waals surface area contributed by atoms with Gasteiger partial charge in [0.25, 0.3) is 0 Å². The molecule has 0 spiro atoms. The van der Waals surface area contributed by atoms with E-state index < -0.39 is 20.0 Å². The second-order valence-electron chi connectivity index (χ2n) is 14.4. The number of phosphoric ester groups is 1. The quantitative estimate of drug-likeness (QED) is 0.0395. The lowest BCUT2D eigenvalue weighted by Gasteiger charge is -2.32. The highest BCUT2D eigenvalue weighted by molar-refractivity contribution is 7.47. The average molecular weight is 639 g/mol. The van der Waals surface area contributed by atoms with Gasteiger partial charge in [-0.15, -0.1) is 0 Å². The van der Waals surface area contributed by atoms with Crippen molar-refractivity contribution in [2.45, 2.75) is 154 Å². The van der Waals surface area contributed by atoms with Gasteiger partial charge in [-0.2, -0.15) is 0 Å². The number of quaternary nitrogens is 2. The third-order valence-electron chi connectivity index (χ3n) is 8.50. The summed E-state index contributed by atoms with van der Waals surface area (Å²) in [6.45, 7) is 6.71. The molecule has 0 amide bonds. The molecule has 8 nitrogen and oxygen atoms in total. The van der Waals surface area contributed by atoms with E-state index in [1.807, 2.05) is 0 Å². The SMILES string of the molecule is CCCCCCCCCCCC[N+](C)(C)CC(O)COP(=O)(O)OCC(O)C[N+](C)(C)CCCCCCCCCCCC. The first-order valence-electron chi connectivity index (χ1n) is 17.9. The molecule has 0 heterocycles. The molecule has 0 aromatic heterocycles.